The largest absolute Gasteiger partial charge is 0.451 e. The Morgan fingerprint density at radius 1 is 1.30 bits per heavy atom. The van der Waals surface area contributed by atoms with Gasteiger partial charge in [-0.3, -0.25) is 4.79 Å². The number of fused-ring (bicyclic) bond motifs is 1. The fourth-order valence-electron chi connectivity index (χ4n) is 2.69. The molecule has 3 rings (SSSR count). The number of piperidine rings is 1. The first-order chi connectivity index (χ1) is 11.1. The lowest BCUT2D eigenvalue weighted by molar-refractivity contribution is -0.135. The summed E-state index contributed by atoms with van der Waals surface area (Å²) in [5.74, 6) is -0.0173. The summed E-state index contributed by atoms with van der Waals surface area (Å²) >= 11 is 7.53. The van der Waals surface area contributed by atoms with Crippen LogP contribution in [0.2, 0.25) is 5.02 Å². The van der Waals surface area contributed by atoms with E-state index in [9.17, 15) is 9.59 Å². The fourth-order valence-corrected chi connectivity index (χ4v) is 4.09. The summed E-state index contributed by atoms with van der Waals surface area (Å²) in [5, 5.41) is 1.23. The second-order valence-electron chi connectivity index (χ2n) is 5.88. The predicted octanol–water partition coefficient (Wildman–Crippen LogP) is 3.97. The van der Waals surface area contributed by atoms with Crippen LogP contribution >= 0.6 is 22.9 Å². The SMILES string of the molecule is CC1CCN(C(=O)COC(=O)c2sc3ccccc3c2Cl)CC1. The van der Waals surface area contributed by atoms with Gasteiger partial charge in [0.15, 0.2) is 6.61 Å². The number of rotatable bonds is 3. The molecule has 0 saturated carbocycles. The number of thiophene rings is 1. The van der Waals surface area contributed by atoms with Crippen molar-refractivity contribution in [1.82, 2.24) is 4.90 Å². The first kappa shape index (κ1) is 16.3. The standard InChI is InChI=1S/C17H18ClNO3S/c1-11-6-8-19(9-7-11)14(20)10-22-17(21)16-15(18)12-4-2-3-5-13(12)23-16/h2-5,11H,6-10H2,1H3. The molecule has 0 atom stereocenters. The van der Waals surface area contributed by atoms with Crippen LogP contribution in [0.25, 0.3) is 10.1 Å². The molecule has 1 fully saturated rings. The van der Waals surface area contributed by atoms with Crippen LogP contribution in [-0.4, -0.2) is 36.5 Å². The number of ether oxygens (including phenoxy) is 1. The maximum atomic E-state index is 12.2. The molecule has 23 heavy (non-hydrogen) atoms. The monoisotopic (exact) mass is 351 g/mol. The van der Waals surface area contributed by atoms with Crippen molar-refractivity contribution < 1.29 is 14.3 Å². The number of benzene rings is 1. The second kappa shape index (κ2) is 6.89. The van der Waals surface area contributed by atoms with Crippen LogP contribution in [-0.2, 0) is 9.53 Å². The summed E-state index contributed by atoms with van der Waals surface area (Å²) in [6.07, 6.45) is 2.00. The van der Waals surface area contributed by atoms with E-state index in [-0.39, 0.29) is 12.5 Å². The zero-order valence-electron chi connectivity index (χ0n) is 12.9. The highest BCUT2D eigenvalue weighted by atomic mass is 35.5. The number of esters is 1. The quantitative estimate of drug-likeness (QED) is 0.786. The van der Waals surface area contributed by atoms with E-state index in [0.717, 1.165) is 36.0 Å². The fraction of sp³-hybridized carbons (Fsp3) is 0.412. The van der Waals surface area contributed by atoms with Crippen molar-refractivity contribution in [3.05, 3.63) is 34.2 Å². The van der Waals surface area contributed by atoms with Gasteiger partial charge >= 0.3 is 5.97 Å². The second-order valence-corrected chi connectivity index (χ2v) is 7.31. The van der Waals surface area contributed by atoms with Gasteiger partial charge < -0.3 is 9.64 Å². The smallest absolute Gasteiger partial charge is 0.350 e. The summed E-state index contributed by atoms with van der Waals surface area (Å²) in [6, 6.07) is 7.54. The zero-order chi connectivity index (χ0) is 16.4. The Balaban J connectivity index is 1.62. The molecule has 1 amide bonds. The molecule has 0 N–H and O–H groups in total. The van der Waals surface area contributed by atoms with Gasteiger partial charge in [-0.1, -0.05) is 36.7 Å². The van der Waals surface area contributed by atoms with Crippen molar-refractivity contribution in [3.63, 3.8) is 0 Å². The molecule has 1 saturated heterocycles. The molecule has 0 unspecified atom stereocenters. The van der Waals surface area contributed by atoms with Crippen LogP contribution in [0, 0.1) is 5.92 Å². The van der Waals surface area contributed by atoms with Crippen LogP contribution in [0.4, 0.5) is 0 Å². The first-order valence-corrected chi connectivity index (χ1v) is 8.87. The molecule has 4 nitrogen and oxygen atoms in total. The lowest BCUT2D eigenvalue weighted by Gasteiger charge is -2.30. The Morgan fingerprint density at radius 2 is 2.00 bits per heavy atom. The Hall–Kier alpha value is -1.59. The number of amides is 1. The minimum Gasteiger partial charge on any atom is -0.451 e. The summed E-state index contributed by atoms with van der Waals surface area (Å²) in [4.78, 5) is 26.4. The highest BCUT2D eigenvalue weighted by molar-refractivity contribution is 7.21. The molecule has 122 valence electrons. The predicted molar refractivity (Wildman–Crippen MR) is 92.1 cm³/mol. The lowest BCUT2D eigenvalue weighted by atomic mass is 9.99. The third-order valence-corrected chi connectivity index (χ3v) is 5.84. The summed E-state index contributed by atoms with van der Waals surface area (Å²) in [7, 11) is 0. The normalized spacial score (nSPS) is 15.8. The van der Waals surface area contributed by atoms with Gasteiger partial charge in [-0.15, -0.1) is 11.3 Å². The van der Waals surface area contributed by atoms with Crippen LogP contribution in [0.15, 0.2) is 24.3 Å². The highest BCUT2D eigenvalue weighted by Crippen LogP contribution is 2.35. The molecule has 1 aliphatic heterocycles. The summed E-state index contributed by atoms with van der Waals surface area (Å²) < 4.78 is 6.11. The topological polar surface area (TPSA) is 46.6 Å². The van der Waals surface area contributed by atoms with Gasteiger partial charge in [0.1, 0.15) is 4.88 Å². The third kappa shape index (κ3) is 3.51. The zero-order valence-corrected chi connectivity index (χ0v) is 14.5. The van der Waals surface area contributed by atoms with Gasteiger partial charge in [0.05, 0.1) is 5.02 Å². The van der Waals surface area contributed by atoms with E-state index in [0.29, 0.717) is 15.8 Å². The molecular formula is C17H18ClNO3S. The third-order valence-electron chi connectivity index (χ3n) is 4.18. The number of carbonyl (C=O) groups is 2. The van der Waals surface area contributed by atoms with Crippen molar-refractivity contribution in [1.29, 1.82) is 0 Å². The number of nitrogens with zero attached hydrogens (tertiary/aromatic N) is 1. The van der Waals surface area contributed by atoms with Crippen LogP contribution in [0.3, 0.4) is 0 Å². The molecule has 1 aliphatic rings. The van der Waals surface area contributed by atoms with E-state index >= 15 is 0 Å². The molecule has 1 aromatic heterocycles. The van der Waals surface area contributed by atoms with Crippen molar-refractivity contribution >= 4 is 44.9 Å². The minimum atomic E-state index is -0.532. The highest BCUT2D eigenvalue weighted by Gasteiger charge is 2.23. The maximum absolute atomic E-state index is 12.2. The molecule has 0 aliphatic carbocycles. The Kier molecular flexibility index (Phi) is 4.87. The molecule has 0 bridgehead atoms. The number of halogens is 1. The van der Waals surface area contributed by atoms with E-state index < -0.39 is 5.97 Å². The lowest BCUT2D eigenvalue weighted by Crippen LogP contribution is -2.40. The molecule has 0 radical (unpaired) electrons. The van der Waals surface area contributed by atoms with Crippen molar-refractivity contribution in [3.8, 4) is 0 Å². The Bertz CT molecular complexity index is 735. The van der Waals surface area contributed by atoms with Crippen LogP contribution in [0.1, 0.15) is 29.4 Å². The van der Waals surface area contributed by atoms with Gasteiger partial charge in [-0.25, -0.2) is 4.79 Å². The van der Waals surface area contributed by atoms with Crippen LogP contribution < -0.4 is 0 Å². The molecule has 0 spiro atoms. The average Bonchev–Trinajstić information content (AvgIpc) is 2.90. The molecule has 6 heteroatoms. The van der Waals surface area contributed by atoms with Crippen molar-refractivity contribution in [2.24, 2.45) is 5.92 Å². The first-order valence-electron chi connectivity index (χ1n) is 7.68. The Labute approximate surface area is 144 Å². The number of hydrogen-bond donors (Lipinski definition) is 0. The van der Waals surface area contributed by atoms with E-state index in [1.165, 1.54) is 11.3 Å². The van der Waals surface area contributed by atoms with Gasteiger partial charge in [-0.05, 0) is 24.8 Å². The maximum Gasteiger partial charge on any atom is 0.350 e. The minimum absolute atomic E-state index is 0.137. The van der Waals surface area contributed by atoms with E-state index in [2.05, 4.69) is 6.92 Å². The van der Waals surface area contributed by atoms with Crippen molar-refractivity contribution in [2.45, 2.75) is 19.8 Å². The van der Waals surface area contributed by atoms with E-state index in [1.807, 2.05) is 24.3 Å². The molecule has 2 aromatic rings. The van der Waals surface area contributed by atoms with Gasteiger partial charge in [0.25, 0.3) is 5.91 Å². The van der Waals surface area contributed by atoms with Crippen molar-refractivity contribution in [2.75, 3.05) is 19.7 Å². The average molecular weight is 352 g/mol. The van der Waals surface area contributed by atoms with Crippen LogP contribution in [0.5, 0.6) is 0 Å². The number of carbonyl (C=O) groups excluding carboxylic acids is 2. The van der Waals surface area contributed by atoms with E-state index in [1.54, 1.807) is 4.90 Å². The molecule has 1 aromatic carbocycles. The van der Waals surface area contributed by atoms with Gasteiger partial charge in [-0.2, -0.15) is 0 Å². The van der Waals surface area contributed by atoms with Gasteiger partial charge in [0, 0.05) is 23.2 Å². The molecular weight excluding hydrogens is 334 g/mol. The summed E-state index contributed by atoms with van der Waals surface area (Å²) in [6.45, 7) is 3.44. The molecule has 2 heterocycles. The van der Waals surface area contributed by atoms with E-state index in [4.69, 9.17) is 16.3 Å². The van der Waals surface area contributed by atoms with Gasteiger partial charge in [0.2, 0.25) is 0 Å². The summed E-state index contributed by atoms with van der Waals surface area (Å²) in [5.41, 5.74) is 0. The number of hydrogen-bond acceptors (Lipinski definition) is 4. The Morgan fingerprint density at radius 3 is 2.70 bits per heavy atom. The number of likely N-dealkylation sites (tertiary alicyclic amines) is 1.